The lowest BCUT2D eigenvalue weighted by Gasteiger charge is -2.10. The molecule has 14 heavy (non-hydrogen) atoms. The Labute approximate surface area is 84.6 Å². The van der Waals surface area contributed by atoms with Gasteiger partial charge in [0.15, 0.2) is 5.78 Å². The fraction of sp³-hybridized carbons (Fsp3) is 0.417. The standard InChI is InChI=1S/C12H16O2/c1-8-4-5-9(2)11(6-8)12(14)10(3)7-13/h4-6,10,13H,7H2,1-3H3. The monoisotopic (exact) mass is 192 g/mol. The lowest BCUT2D eigenvalue weighted by atomic mass is 9.95. The topological polar surface area (TPSA) is 37.3 Å². The van der Waals surface area contributed by atoms with E-state index in [1.165, 1.54) is 0 Å². The largest absolute Gasteiger partial charge is 0.396 e. The van der Waals surface area contributed by atoms with Crippen molar-refractivity contribution in [1.29, 1.82) is 0 Å². The molecule has 0 aromatic heterocycles. The van der Waals surface area contributed by atoms with Gasteiger partial charge in [-0.15, -0.1) is 0 Å². The van der Waals surface area contributed by atoms with Crippen molar-refractivity contribution in [1.82, 2.24) is 0 Å². The molecule has 0 aliphatic carbocycles. The molecular weight excluding hydrogens is 176 g/mol. The van der Waals surface area contributed by atoms with Crippen molar-refractivity contribution in [3.05, 3.63) is 34.9 Å². The van der Waals surface area contributed by atoms with Gasteiger partial charge in [0, 0.05) is 11.5 Å². The first-order valence-corrected chi connectivity index (χ1v) is 4.78. The third-order valence-corrected chi connectivity index (χ3v) is 2.38. The molecule has 0 fully saturated rings. The molecule has 0 heterocycles. The predicted molar refractivity (Wildman–Crippen MR) is 56.5 cm³/mol. The van der Waals surface area contributed by atoms with Crippen LogP contribution in [0, 0.1) is 19.8 Å². The molecule has 0 spiro atoms. The van der Waals surface area contributed by atoms with Crippen LogP contribution in [0.2, 0.25) is 0 Å². The van der Waals surface area contributed by atoms with E-state index in [0.717, 1.165) is 16.7 Å². The molecular formula is C12H16O2. The summed E-state index contributed by atoms with van der Waals surface area (Å²) in [6.45, 7) is 5.52. The van der Waals surface area contributed by atoms with Gasteiger partial charge in [-0.1, -0.05) is 24.6 Å². The molecule has 1 rings (SSSR count). The van der Waals surface area contributed by atoms with Gasteiger partial charge in [-0.3, -0.25) is 4.79 Å². The third-order valence-electron chi connectivity index (χ3n) is 2.38. The number of carbonyl (C=O) groups is 1. The van der Waals surface area contributed by atoms with Crippen LogP contribution >= 0.6 is 0 Å². The number of aliphatic hydroxyl groups excluding tert-OH is 1. The van der Waals surface area contributed by atoms with Crippen LogP contribution < -0.4 is 0 Å². The van der Waals surface area contributed by atoms with Gasteiger partial charge in [-0.2, -0.15) is 0 Å². The van der Waals surface area contributed by atoms with Gasteiger partial charge in [-0.25, -0.2) is 0 Å². The second kappa shape index (κ2) is 4.38. The summed E-state index contributed by atoms with van der Waals surface area (Å²) in [6, 6.07) is 5.80. The summed E-state index contributed by atoms with van der Waals surface area (Å²) in [4.78, 5) is 11.8. The SMILES string of the molecule is Cc1ccc(C)c(C(=O)C(C)CO)c1. The van der Waals surface area contributed by atoms with Crippen molar-refractivity contribution in [2.75, 3.05) is 6.61 Å². The quantitative estimate of drug-likeness (QED) is 0.745. The van der Waals surface area contributed by atoms with Gasteiger partial charge in [-0.05, 0) is 25.5 Å². The highest BCUT2D eigenvalue weighted by atomic mass is 16.3. The summed E-state index contributed by atoms with van der Waals surface area (Å²) < 4.78 is 0. The minimum atomic E-state index is -0.310. The first-order chi connectivity index (χ1) is 6.56. The molecule has 0 saturated heterocycles. The Kier molecular flexibility index (Phi) is 3.42. The van der Waals surface area contributed by atoms with E-state index in [-0.39, 0.29) is 18.3 Å². The molecule has 0 amide bonds. The van der Waals surface area contributed by atoms with Crippen molar-refractivity contribution in [2.45, 2.75) is 20.8 Å². The maximum Gasteiger partial charge on any atom is 0.168 e. The highest BCUT2D eigenvalue weighted by Crippen LogP contribution is 2.15. The van der Waals surface area contributed by atoms with Gasteiger partial charge in [0.2, 0.25) is 0 Å². The molecule has 0 radical (unpaired) electrons. The molecule has 2 nitrogen and oxygen atoms in total. The molecule has 0 bridgehead atoms. The van der Waals surface area contributed by atoms with E-state index in [1.54, 1.807) is 6.92 Å². The molecule has 1 N–H and O–H groups in total. The molecule has 2 heteroatoms. The number of aryl methyl sites for hydroxylation is 2. The number of hydrogen-bond donors (Lipinski definition) is 1. The summed E-state index contributed by atoms with van der Waals surface area (Å²) in [5, 5.41) is 8.91. The Bertz CT molecular complexity index is 342. The van der Waals surface area contributed by atoms with Crippen LogP contribution in [0.15, 0.2) is 18.2 Å². The third kappa shape index (κ3) is 2.20. The molecule has 76 valence electrons. The Morgan fingerprint density at radius 3 is 2.64 bits per heavy atom. The first kappa shape index (κ1) is 10.9. The average molecular weight is 192 g/mol. The number of ketones is 1. The Balaban J connectivity index is 3.06. The van der Waals surface area contributed by atoms with E-state index < -0.39 is 0 Å². The fourth-order valence-corrected chi connectivity index (χ4v) is 1.35. The number of rotatable bonds is 3. The van der Waals surface area contributed by atoms with Gasteiger partial charge in [0.25, 0.3) is 0 Å². The van der Waals surface area contributed by atoms with Crippen LogP contribution in [-0.4, -0.2) is 17.5 Å². The molecule has 0 saturated carbocycles. The molecule has 1 unspecified atom stereocenters. The highest BCUT2D eigenvalue weighted by Gasteiger charge is 2.15. The minimum absolute atomic E-state index is 0.0219. The summed E-state index contributed by atoms with van der Waals surface area (Å²) in [6.07, 6.45) is 0. The zero-order chi connectivity index (χ0) is 10.7. The molecule has 0 aliphatic heterocycles. The van der Waals surface area contributed by atoms with Crippen LogP contribution in [0.1, 0.15) is 28.4 Å². The summed E-state index contributed by atoms with van der Waals surface area (Å²) >= 11 is 0. The first-order valence-electron chi connectivity index (χ1n) is 4.78. The predicted octanol–water partition coefficient (Wildman–Crippen LogP) is 2.11. The van der Waals surface area contributed by atoms with E-state index >= 15 is 0 Å². The lowest BCUT2D eigenvalue weighted by molar-refractivity contribution is 0.0877. The van der Waals surface area contributed by atoms with Gasteiger partial charge in [0.05, 0.1) is 6.61 Å². The Morgan fingerprint density at radius 2 is 2.07 bits per heavy atom. The number of carbonyl (C=O) groups excluding carboxylic acids is 1. The number of Topliss-reactive ketones (excluding diaryl/α,β-unsaturated/α-hetero) is 1. The zero-order valence-electron chi connectivity index (χ0n) is 8.87. The van der Waals surface area contributed by atoms with Crippen LogP contribution in [0.4, 0.5) is 0 Å². The van der Waals surface area contributed by atoms with Gasteiger partial charge >= 0.3 is 0 Å². The van der Waals surface area contributed by atoms with Crippen LogP contribution in [0.25, 0.3) is 0 Å². The summed E-state index contributed by atoms with van der Waals surface area (Å²) in [5.74, 6) is -0.288. The van der Waals surface area contributed by atoms with Crippen LogP contribution in [0.5, 0.6) is 0 Å². The molecule has 1 atom stereocenters. The van der Waals surface area contributed by atoms with E-state index in [2.05, 4.69) is 0 Å². The summed E-state index contributed by atoms with van der Waals surface area (Å²) in [5.41, 5.74) is 2.77. The highest BCUT2D eigenvalue weighted by molar-refractivity contribution is 5.99. The van der Waals surface area contributed by atoms with Crippen LogP contribution in [-0.2, 0) is 0 Å². The second-order valence-electron chi connectivity index (χ2n) is 3.77. The van der Waals surface area contributed by atoms with Gasteiger partial charge < -0.3 is 5.11 Å². The van der Waals surface area contributed by atoms with Crippen molar-refractivity contribution in [3.8, 4) is 0 Å². The Morgan fingerprint density at radius 1 is 1.43 bits per heavy atom. The Hall–Kier alpha value is -1.15. The zero-order valence-corrected chi connectivity index (χ0v) is 8.87. The molecule has 1 aromatic rings. The maximum atomic E-state index is 11.8. The van der Waals surface area contributed by atoms with Gasteiger partial charge in [0.1, 0.15) is 0 Å². The smallest absolute Gasteiger partial charge is 0.168 e. The molecule has 1 aromatic carbocycles. The van der Waals surface area contributed by atoms with E-state index in [0.29, 0.717) is 0 Å². The maximum absolute atomic E-state index is 11.8. The number of hydrogen-bond acceptors (Lipinski definition) is 2. The van der Waals surface area contributed by atoms with Crippen LogP contribution in [0.3, 0.4) is 0 Å². The minimum Gasteiger partial charge on any atom is -0.396 e. The lowest BCUT2D eigenvalue weighted by Crippen LogP contribution is -2.16. The van der Waals surface area contributed by atoms with E-state index in [9.17, 15) is 4.79 Å². The fourth-order valence-electron chi connectivity index (χ4n) is 1.35. The normalized spacial score (nSPS) is 12.6. The second-order valence-corrected chi connectivity index (χ2v) is 3.77. The van der Waals surface area contributed by atoms with E-state index in [4.69, 9.17) is 5.11 Å². The van der Waals surface area contributed by atoms with Crippen molar-refractivity contribution < 1.29 is 9.90 Å². The van der Waals surface area contributed by atoms with E-state index in [1.807, 2.05) is 32.0 Å². The van der Waals surface area contributed by atoms with Crippen molar-refractivity contribution in [2.24, 2.45) is 5.92 Å². The average Bonchev–Trinajstić information content (AvgIpc) is 2.19. The van der Waals surface area contributed by atoms with Crippen molar-refractivity contribution >= 4 is 5.78 Å². The van der Waals surface area contributed by atoms with Crippen molar-refractivity contribution in [3.63, 3.8) is 0 Å². The summed E-state index contributed by atoms with van der Waals surface area (Å²) in [7, 11) is 0. The number of benzene rings is 1. The number of aliphatic hydroxyl groups is 1. The molecule has 0 aliphatic rings.